The Balaban J connectivity index is 2.48. The van der Waals surface area contributed by atoms with Crippen LogP contribution in [0.15, 0.2) is 48.2 Å². The van der Waals surface area contributed by atoms with Gasteiger partial charge in [-0.1, -0.05) is 24.3 Å². The van der Waals surface area contributed by atoms with E-state index in [2.05, 4.69) is 6.58 Å². The fraction of sp³-hybridized carbons (Fsp3) is 0.200. The van der Waals surface area contributed by atoms with Gasteiger partial charge in [0.25, 0.3) is 6.43 Å². The van der Waals surface area contributed by atoms with E-state index in [4.69, 9.17) is 11.6 Å². The third-order valence-electron chi connectivity index (χ3n) is 3.11. The molecule has 5 heteroatoms. The lowest BCUT2D eigenvalue weighted by atomic mass is 10.0. The molecular weight excluding hydrogens is 284 g/mol. The largest absolute Gasteiger partial charge is 0.508 e. The number of hydrogen-bond donors (Lipinski definition) is 1. The van der Waals surface area contributed by atoms with Crippen LogP contribution in [0.2, 0.25) is 5.02 Å². The Morgan fingerprint density at radius 1 is 1.35 bits per heavy atom. The summed E-state index contributed by atoms with van der Waals surface area (Å²) in [6.45, 7) is 5.20. The molecule has 1 heterocycles. The van der Waals surface area contributed by atoms with E-state index in [1.807, 2.05) is 13.0 Å². The lowest BCUT2D eigenvalue weighted by molar-refractivity contribution is 0.123. The normalized spacial score (nSPS) is 15.4. The van der Waals surface area contributed by atoms with Gasteiger partial charge < -0.3 is 10.0 Å². The summed E-state index contributed by atoms with van der Waals surface area (Å²) in [6.07, 6.45) is 1.05. The van der Waals surface area contributed by atoms with Crippen molar-refractivity contribution in [2.24, 2.45) is 0 Å². The summed E-state index contributed by atoms with van der Waals surface area (Å²) >= 11 is 6.08. The molecule has 0 saturated carbocycles. The number of nitrogens with zero attached hydrogens (tertiary/aromatic N) is 1. The highest BCUT2D eigenvalue weighted by Crippen LogP contribution is 2.35. The fourth-order valence-electron chi connectivity index (χ4n) is 2.04. The average molecular weight is 298 g/mol. The number of hydrogen-bond acceptors (Lipinski definition) is 2. The molecule has 0 aromatic heterocycles. The van der Waals surface area contributed by atoms with Crippen molar-refractivity contribution >= 4 is 17.3 Å². The van der Waals surface area contributed by atoms with Crippen LogP contribution in [0.5, 0.6) is 5.75 Å². The Morgan fingerprint density at radius 3 is 2.65 bits per heavy atom. The van der Waals surface area contributed by atoms with Crippen LogP contribution in [0.1, 0.15) is 12.5 Å². The quantitative estimate of drug-likeness (QED) is 0.892. The number of allylic oxidation sites excluding steroid dienone is 3. The lowest BCUT2D eigenvalue weighted by Crippen LogP contribution is -2.28. The molecule has 106 valence electrons. The monoisotopic (exact) mass is 297 g/mol. The molecule has 1 N–H and O–H groups in total. The van der Waals surface area contributed by atoms with Crippen LogP contribution in [0.25, 0.3) is 5.70 Å². The number of alkyl halides is 2. The van der Waals surface area contributed by atoms with Crippen molar-refractivity contribution in [3.8, 4) is 5.75 Å². The zero-order valence-electron chi connectivity index (χ0n) is 10.9. The van der Waals surface area contributed by atoms with E-state index in [-0.39, 0.29) is 5.75 Å². The Hall–Kier alpha value is -1.81. The van der Waals surface area contributed by atoms with Crippen molar-refractivity contribution in [3.63, 3.8) is 0 Å². The summed E-state index contributed by atoms with van der Waals surface area (Å²) in [4.78, 5) is 1.44. The molecular formula is C15H14ClF2NO. The van der Waals surface area contributed by atoms with Gasteiger partial charge in [-0.3, -0.25) is 0 Å². The van der Waals surface area contributed by atoms with Gasteiger partial charge in [0.15, 0.2) is 0 Å². The molecule has 1 aliphatic rings. The van der Waals surface area contributed by atoms with Gasteiger partial charge in [0.2, 0.25) is 0 Å². The minimum atomic E-state index is -2.49. The number of benzene rings is 1. The van der Waals surface area contributed by atoms with E-state index < -0.39 is 13.0 Å². The minimum absolute atomic E-state index is 0.0288. The van der Waals surface area contributed by atoms with Crippen molar-refractivity contribution in [1.29, 1.82) is 0 Å². The van der Waals surface area contributed by atoms with E-state index in [1.165, 1.54) is 17.0 Å². The molecule has 0 bridgehead atoms. The summed E-state index contributed by atoms with van der Waals surface area (Å²) in [7, 11) is 0. The van der Waals surface area contributed by atoms with E-state index in [0.29, 0.717) is 22.0 Å². The SMILES string of the molecule is C=C1C(C)=CC=C(c2ccc(O)cc2Cl)N1CC(F)F. The standard InChI is InChI=1S/C15H14ClF2NO/c1-9-3-6-14(19(10(9)2)8-15(17)18)12-5-4-11(20)7-13(12)16/h3-7,15,20H,2,8H2,1H3. The third-order valence-corrected chi connectivity index (χ3v) is 3.42. The maximum atomic E-state index is 12.8. The summed E-state index contributed by atoms with van der Waals surface area (Å²) in [5.74, 6) is 0.0288. The second-order valence-corrected chi connectivity index (χ2v) is 4.92. The van der Waals surface area contributed by atoms with Gasteiger partial charge in [0, 0.05) is 11.3 Å². The molecule has 2 rings (SSSR count). The van der Waals surface area contributed by atoms with Gasteiger partial charge in [-0.2, -0.15) is 0 Å². The Morgan fingerprint density at radius 2 is 2.05 bits per heavy atom. The highest BCUT2D eigenvalue weighted by atomic mass is 35.5. The van der Waals surface area contributed by atoms with Gasteiger partial charge >= 0.3 is 0 Å². The van der Waals surface area contributed by atoms with Crippen LogP contribution in [0.3, 0.4) is 0 Å². The predicted octanol–water partition coefficient (Wildman–Crippen LogP) is 4.43. The zero-order valence-corrected chi connectivity index (χ0v) is 11.7. The second-order valence-electron chi connectivity index (χ2n) is 4.51. The molecule has 1 aromatic carbocycles. The molecule has 20 heavy (non-hydrogen) atoms. The number of phenolic OH excluding ortho intramolecular Hbond substituents is 1. The minimum Gasteiger partial charge on any atom is -0.508 e. The van der Waals surface area contributed by atoms with Gasteiger partial charge in [0.1, 0.15) is 5.75 Å². The van der Waals surface area contributed by atoms with E-state index in [9.17, 15) is 13.9 Å². The first-order valence-corrected chi connectivity index (χ1v) is 6.40. The molecule has 1 aliphatic heterocycles. The van der Waals surface area contributed by atoms with Gasteiger partial charge in [-0.05, 0) is 36.8 Å². The second kappa shape index (κ2) is 5.67. The van der Waals surface area contributed by atoms with Crippen LogP contribution in [-0.2, 0) is 0 Å². The maximum absolute atomic E-state index is 12.8. The highest BCUT2D eigenvalue weighted by Gasteiger charge is 2.23. The first kappa shape index (κ1) is 14.6. The average Bonchev–Trinajstić information content (AvgIpc) is 2.36. The molecule has 0 amide bonds. The molecule has 0 fully saturated rings. The Labute approximate surface area is 121 Å². The van der Waals surface area contributed by atoms with Crippen LogP contribution < -0.4 is 0 Å². The van der Waals surface area contributed by atoms with Crippen LogP contribution in [-0.4, -0.2) is 23.0 Å². The topological polar surface area (TPSA) is 23.5 Å². The summed E-state index contributed by atoms with van der Waals surface area (Å²) in [5, 5.41) is 9.68. The van der Waals surface area contributed by atoms with Gasteiger partial charge in [0.05, 0.1) is 17.3 Å². The zero-order chi connectivity index (χ0) is 14.9. The molecule has 0 spiro atoms. The van der Waals surface area contributed by atoms with Crippen molar-refractivity contribution in [3.05, 3.63) is 58.8 Å². The molecule has 0 aliphatic carbocycles. The summed E-state index contributed by atoms with van der Waals surface area (Å²) in [5.41, 5.74) is 2.47. The fourth-order valence-corrected chi connectivity index (χ4v) is 2.31. The Kier molecular flexibility index (Phi) is 4.14. The third kappa shape index (κ3) is 2.85. The first-order valence-electron chi connectivity index (χ1n) is 6.02. The smallest absolute Gasteiger partial charge is 0.256 e. The van der Waals surface area contributed by atoms with Crippen molar-refractivity contribution in [2.75, 3.05) is 6.54 Å². The number of phenols is 1. The van der Waals surface area contributed by atoms with E-state index >= 15 is 0 Å². The molecule has 0 atom stereocenters. The molecule has 0 unspecified atom stereocenters. The van der Waals surface area contributed by atoms with Crippen LogP contribution in [0, 0.1) is 0 Å². The van der Waals surface area contributed by atoms with Crippen molar-refractivity contribution in [1.82, 2.24) is 4.90 Å². The van der Waals surface area contributed by atoms with Gasteiger partial charge in [-0.25, -0.2) is 8.78 Å². The number of halogens is 3. The maximum Gasteiger partial charge on any atom is 0.256 e. The predicted molar refractivity (Wildman–Crippen MR) is 76.7 cm³/mol. The lowest BCUT2D eigenvalue weighted by Gasteiger charge is -2.32. The van der Waals surface area contributed by atoms with Crippen molar-refractivity contribution < 1.29 is 13.9 Å². The van der Waals surface area contributed by atoms with Crippen LogP contribution >= 0.6 is 11.6 Å². The van der Waals surface area contributed by atoms with Crippen molar-refractivity contribution in [2.45, 2.75) is 13.3 Å². The van der Waals surface area contributed by atoms with E-state index in [0.717, 1.165) is 5.57 Å². The number of rotatable bonds is 3. The summed E-state index contributed by atoms with van der Waals surface area (Å²) in [6, 6.07) is 4.45. The number of aromatic hydroxyl groups is 1. The van der Waals surface area contributed by atoms with Crippen LogP contribution in [0.4, 0.5) is 8.78 Å². The van der Waals surface area contributed by atoms with Gasteiger partial charge in [-0.15, -0.1) is 0 Å². The molecule has 2 nitrogen and oxygen atoms in total. The van der Waals surface area contributed by atoms with E-state index in [1.54, 1.807) is 12.1 Å². The highest BCUT2D eigenvalue weighted by molar-refractivity contribution is 6.32. The molecule has 0 saturated heterocycles. The molecule has 1 aromatic rings. The molecule has 0 radical (unpaired) electrons. The summed E-state index contributed by atoms with van der Waals surface area (Å²) < 4.78 is 25.5. The Bertz CT molecular complexity index is 608. The first-order chi connectivity index (χ1) is 9.40.